The van der Waals surface area contributed by atoms with Gasteiger partial charge in [-0.3, -0.25) is 9.88 Å². The quantitative estimate of drug-likeness (QED) is 0.806. The summed E-state index contributed by atoms with van der Waals surface area (Å²) in [6.07, 6.45) is 4.74. The summed E-state index contributed by atoms with van der Waals surface area (Å²) in [5, 5.41) is 2.18. The third-order valence-corrected chi connectivity index (χ3v) is 6.26. The molecular weight excluding hydrogens is 320 g/mol. The minimum atomic E-state index is 0.0312. The second-order valence-electron chi connectivity index (χ2n) is 6.94. The van der Waals surface area contributed by atoms with Crippen molar-refractivity contribution in [2.45, 2.75) is 32.1 Å². The molecule has 0 N–H and O–H groups in total. The van der Waals surface area contributed by atoms with E-state index in [4.69, 9.17) is 9.47 Å². The predicted octanol–water partition coefficient (Wildman–Crippen LogP) is 3.26. The van der Waals surface area contributed by atoms with Crippen LogP contribution in [0.2, 0.25) is 0 Å². The van der Waals surface area contributed by atoms with Gasteiger partial charge in [-0.1, -0.05) is 0 Å². The van der Waals surface area contributed by atoms with E-state index >= 15 is 0 Å². The Morgan fingerprint density at radius 3 is 2.92 bits per heavy atom. The number of pyridine rings is 1. The van der Waals surface area contributed by atoms with E-state index in [1.54, 1.807) is 0 Å². The van der Waals surface area contributed by atoms with Gasteiger partial charge in [0.2, 0.25) is 0 Å². The van der Waals surface area contributed by atoms with Gasteiger partial charge in [0.1, 0.15) is 0 Å². The van der Waals surface area contributed by atoms with Crippen molar-refractivity contribution in [1.29, 1.82) is 0 Å². The van der Waals surface area contributed by atoms with Crippen molar-refractivity contribution >= 4 is 11.3 Å². The Morgan fingerprint density at radius 2 is 2.17 bits per heavy atom. The molecule has 0 saturated carbocycles. The van der Waals surface area contributed by atoms with Crippen molar-refractivity contribution in [1.82, 2.24) is 9.88 Å². The van der Waals surface area contributed by atoms with Crippen molar-refractivity contribution in [2.24, 2.45) is 5.92 Å². The van der Waals surface area contributed by atoms with E-state index < -0.39 is 0 Å². The van der Waals surface area contributed by atoms with Crippen LogP contribution in [-0.2, 0) is 22.6 Å². The van der Waals surface area contributed by atoms with Crippen LogP contribution < -0.4 is 0 Å². The van der Waals surface area contributed by atoms with Crippen molar-refractivity contribution in [3.63, 3.8) is 0 Å². The first kappa shape index (κ1) is 16.2. The summed E-state index contributed by atoms with van der Waals surface area (Å²) in [6, 6.07) is 6.22. The lowest BCUT2D eigenvalue weighted by Gasteiger charge is -2.50. The molecule has 2 aromatic heterocycles. The first-order valence-electron chi connectivity index (χ1n) is 8.61. The molecule has 0 aliphatic carbocycles. The van der Waals surface area contributed by atoms with Gasteiger partial charge in [-0.25, -0.2) is 0 Å². The Hall–Kier alpha value is -1.27. The van der Waals surface area contributed by atoms with E-state index in [1.165, 1.54) is 16.0 Å². The first-order valence-corrected chi connectivity index (χ1v) is 9.49. The lowest BCUT2D eigenvalue weighted by molar-refractivity contribution is -0.146. The van der Waals surface area contributed by atoms with Crippen LogP contribution in [0.25, 0.3) is 0 Å². The van der Waals surface area contributed by atoms with Crippen molar-refractivity contribution < 1.29 is 9.47 Å². The van der Waals surface area contributed by atoms with E-state index in [1.807, 2.05) is 35.9 Å². The second-order valence-corrected chi connectivity index (χ2v) is 7.94. The molecule has 2 aromatic rings. The van der Waals surface area contributed by atoms with Gasteiger partial charge in [0.25, 0.3) is 0 Å². The SMILES string of the molecule is Cc1ccsc1CN1CC2(C1)OCC[C@H]2COCc1ccncc1. The minimum Gasteiger partial charge on any atom is -0.376 e. The first-order chi connectivity index (χ1) is 11.8. The monoisotopic (exact) mass is 344 g/mol. The zero-order chi connectivity index (χ0) is 16.4. The maximum absolute atomic E-state index is 6.14. The Kier molecular flexibility index (Phi) is 4.68. The zero-order valence-corrected chi connectivity index (χ0v) is 14.9. The Bertz CT molecular complexity index is 667. The van der Waals surface area contributed by atoms with Gasteiger partial charge < -0.3 is 9.47 Å². The second kappa shape index (κ2) is 6.92. The van der Waals surface area contributed by atoms with Gasteiger partial charge in [-0.2, -0.15) is 0 Å². The molecule has 5 heteroatoms. The van der Waals surface area contributed by atoms with E-state index in [0.717, 1.165) is 39.3 Å². The van der Waals surface area contributed by atoms with Crippen molar-refractivity contribution in [3.05, 3.63) is 52.0 Å². The molecule has 2 fully saturated rings. The Balaban J connectivity index is 1.27. The maximum Gasteiger partial charge on any atom is 0.0985 e. The molecule has 0 radical (unpaired) electrons. The van der Waals surface area contributed by atoms with Crippen LogP contribution in [0.5, 0.6) is 0 Å². The highest BCUT2D eigenvalue weighted by atomic mass is 32.1. The fourth-order valence-corrected chi connectivity index (χ4v) is 4.71. The van der Waals surface area contributed by atoms with Gasteiger partial charge in [-0.15, -0.1) is 11.3 Å². The van der Waals surface area contributed by atoms with E-state index in [-0.39, 0.29) is 5.60 Å². The molecule has 4 rings (SSSR count). The number of ether oxygens (including phenoxy) is 2. The molecule has 0 amide bonds. The van der Waals surface area contributed by atoms with E-state index in [9.17, 15) is 0 Å². The van der Waals surface area contributed by atoms with Crippen LogP contribution >= 0.6 is 11.3 Å². The summed E-state index contributed by atoms with van der Waals surface area (Å²) in [6.45, 7) is 7.64. The van der Waals surface area contributed by atoms with Crippen LogP contribution in [0.4, 0.5) is 0 Å². The lowest BCUT2D eigenvalue weighted by atomic mass is 9.81. The predicted molar refractivity (Wildman–Crippen MR) is 95.0 cm³/mol. The average molecular weight is 344 g/mol. The highest BCUT2D eigenvalue weighted by molar-refractivity contribution is 7.10. The third kappa shape index (κ3) is 3.26. The van der Waals surface area contributed by atoms with Crippen LogP contribution in [0.1, 0.15) is 22.4 Å². The van der Waals surface area contributed by atoms with Crippen LogP contribution in [-0.4, -0.2) is 41.8 Å². The van der Waals surface area contributed by atoms with Crippen LogP contribution in [0.3, 0.4) is 0 Å². The molecule has 4 heterocycles. The van der Waals surface area contributed by atoms with Crippen LogP contribution in [0, 0.1) is 12.8 Å². The molecule has 1 spiro atoms. The summed E-state index contributed by atoms with van der Waals surface area (Å²) in [4.78, 5) is 8.02. The van der Waals surface area contributed by atoms with E-state index in [2.05, 4.69) is 28.3 Å². The molecule has 2 aliphatic heterocycles. The molecular formula is C19H24N2O2S. The van der Waals surface area contributed by atoms with Crippen LogP contribution in [0.15, 0.2) is 36.0 Å². The summed E-state index contributed by atoms with van der Waals surface area (Å²) >= 11 is 1.86. The molecule has 128 valence electrons. The molecule has 0 bridgehead atoms. The highest BCUT2D eigenvalue weighted by Crippen LogP contribution is 2.41. The number of likely N-dealkylation sites (tertiary alicyclic amines) is 1. The molecule has 2 aliphatic rings. The fraction of sp³-hybridized carbons (Fsp3) is 0.526. The number of thiophene rings is 1. The van der Waals surface area contributed by atoms with Gasteiger partial charge in [0, 0.05) is 49.4 Å². The van der Waals surface area contributed by atoms with Gasteiger partial charge >= 0.3 is 0 Å². The number of rotatable bonds is 6. The molecule has 0 aromatic carbocycles. The van der Waals surface area contributed by atoms with Gasteiger partial charge in [0.05, 0.1) is 18.8 Å². The summed E-state index contributed by atoms with van der Waals surface area (Å²) in [5.41, 5.74) is 2.62. The normalized spacial score (nSPS) is 22.8. The molecule has 1 atom stereocenters. The standard InChI is InChI=1S/C19H24N2O2S/c1-15-5-9-24-18(15)10-21-13-19(14-21)17(4-8-23-19)12-22-11-16-2-6-20-7-3-16/h2-3,5-7,9,17H,4,8,10-14H2,1H3/t17-/m0/s1. The number of nitrogens with zero attached hydrogens (tertiary/aromatic N) is 2. The molecule has 0 unspecified atom stereocenters. The molecule has 2 saturated heterocycles. The zero-order valence-electron chi connectivity index (χ0n) is 14.1. The van der Waals surface area contributed by atoms with Crippen molar-refractivity contribution in [3.8, 4) is 0 Å². The van der Waals surface area contributed by atoms with Crippen molar-refractivity contribution in [2.75, 3.05) is 26.3 Å². The fourth-order valence-electron chi connectivity index (χ4n) is 3.76. The Labute approximate surface area is 147 Å². The maximum atomic E-state index is 6.14. The van der Waals surface area contributed by atoms with E-state index in [0.29, 0.717) is 12.5 Å². The number of aryl methyl sites for hydroxylation is 1. The number of hydrogen-bond donors (Lipinski definition) is 0. The summed E-state index contributed by atoms with van der Waals surface area (Å²) in [5.74, 6) is 0.514. The van der Waals surface area contributed by atoms with Gasteiger partial charge in [0.15, 0.2) is 0 Å². The van der Waals surface area contributed by atoms with Gasteiger partial charge in [-0.05, 0) is 48.1 Å². The highest BCUT2D eigenvalue weighted by Gasteiger charge is 2.52. The minimum absolute atomic E-state index is 0.0312. The third-order valence-electron chi connectivity index (χ3n) is 5.25. The molecule has 24 heavy (non-hydrogen) atoms. The number of aromatic nitrogens is 1. The summed E-state index contributed by atoms with van der Waals surface area (Å²) in [7, 11) is 0. The summed E-state index contributed by atoms with van der Waals surface area (Å²) < 4.78 is 12.1. The largest absolute Gasteiger partial charge is 0.376 e. The topological polar surface area (TPSA) is 34.6 Å². The lowest BCUT2D eigenvalue weighted by Crippen LogP contribution is -2.64. The smallest absolute Gasteiger partial charge is 0.0985 e. The number of hydrogen-bond acceptors (Lipinski definition) is 5. The average Bonchev–Trinajstić information content (AvgIpc) is 3.15. The molecule has 4 nitrogen and oxygen atoms in total. The Morgan fingerprint density at radius 1 is 1.33 bits per heavy atom.